The van der Waals surface area contributed by atoms with Gasteiger partial charge in [0.1, 0.15) is 0 Å². The van der Waals surface area contributed by atoms with Crippen molar-refractivity contribution in [3.05, 3.63) is 29.8 Å². The van der Waals surface area contributed by atoms with Crippen LogP contribution in [-0.4, -0.2) is 26.7 Å². The van der Waals surface area contributed by atoms with Gasteiger partial charge in [-0.15, -0.1) is 0 Å². The zero-order valence-corrected chi connectivity index (χ0v) is 13.1. The SMILES string of the molecule is CCC(C)c1ccc(S(=O)(=O)NCCCCCO)cc1. The first-order valence-corrected chi connectivity index (χ1v) is 8.70. The summed E-state index contributed by atoms with van der Waals surface area (Å²) in [5, 5.41) is 8.66. The number of unbranched alkanes of at least 4 members (excludes halogenated alkanes) is 2. The zero-order chi connectivity index (χ0) is 15.0. The number of benzene rings is 1. The van der Waals surface area contributed by atoms with Gasteiger partial charge in [0.05, 0.1) is 4.90 Å². The van der Waals surface area contributed by atoms with Gasteiger partial charge >= 0.3 is 0 Å². The molecule has 20 heavy (non-hydrogen) atoms. The van der Waals surface area contributed by atoms with Gasteiger partial charge in [-0.05, 0) is 49.3 Å². The summed E-state index contributed by atoms with van der Waals surface area (Å²) in [6.07, 6.45) is 3.32. The highest BCUT2D eigenvalue weighted by atomic mass is 32.2. The maximum atomic E-state index is 12.1. The molecule has 0 aliphatic rings. The number of rotatable bonds is 9. The summed E-state index contributed by atoms with van der Waals surface area (Å²) >= 11 is 0. The quantitative estimate of drug-likeness (QED) is 0.689. The van der Waals surface area contributed by atoms with E-state index in [1.165, 1.54) is 0 Å². The fraction of sp³-hybridized carbons (Fsp3) is 0.600. The van der Waals surface area contributed by atoms with Gasteiger partial charge in [-0.25, -0.2) is 13.1 Å². The Morgan fingerprint density at radius 1 is 1.15 bits per heavy atom. The summed E-state index contributed by atoms with van der Waals surface area (Å²) in [4.78, 5) is 0.312. The lowest BCUT2D eigenvalue weighted by molar-refractivity contribution is 0.283. The third-order valence-electron chi connectivity index (χ3n) is 3.50. The van der Waals surface area contributed by atoms with Gasteiger partial charge < -0.3 is 5.11 Å². The number of hydrogen-bond acceptors (Lipinski definition) is 3. The second kappa shape index (κ2) is 8.39. The standard InChI is InChI=1S/C15H25NO3S/c1-3-13(2)14-7-9-15(10-8-14)20(18,19)16-11-5-4-6-12-17/h7-10,13,16-17H,3-6,11-12H2,1-2H3. The molecule has 0 aliphatic heterocycles. The molecule has 0 aromatic heterocycles. The highest BCUT2D eigenvalue weighted by molar-refractivity contribution is 7.89. The van der Waals surface area contributed by atoms with Crippen LogP contribution in [0, 0.1) is 0 Å². The fourth-order valence-corrected chi connectivity index (χ4v) is 2.99. The monoisotopic (exact) mass is 299 g/mol. The van der Waals surface area contributed by atoms with Crippen molar-refractivity contribution in [1.82, 2.24) is 4.72 Å². The molecule has 1 rings (SSSR count). The fourth-order valence-electron chi connectivity index (χ4n) is 1.91. The molecule has 5 heteroatoms. The first kappa shape index (κ1) is 17.1. The van der Waals surface area contributed by atoms with E-state index in [0.717, 1.165) is 24.8 Å². The predicted molar refractivity (Wildman–Crippen MR) is 81.3 cm³/mol. The van der Waals surface area contributed by atoms with Crippen molar-refractivity contribution >= 4 is 10.0 Å². The van der Waals surface area contributed by atoms with E-state index in [0.29, 0.717) is 23.8 Å². The third-order valence-corrected chi connectivity index (χ3v) is 4.98. The van der Waals surface area contributed by atoms with Crippen LogP contribution < -0.4 is 4.72 Å². The van der Waals surface area contributed by atoms with Crippen LogP contribution in [0.15, 0.2) is 29.2 Å². The van der Waals surface area contributed by atoms with Crippen molar-refractivity contribution in [2.45, 2.75) is 50.3 Å². The lowest BCUT2D eigenvalue weighted by atomic mass is 9.99. The van der Waals surface area contributed by atoms with Gasteiger partial charge in [0.15, 0.2) is 0 Å². The largest absolute Gasteiger partial charge is 0.396 e. The van der Waals surface area contributed by atoms with E-state index >= 15 is 0 Å². The Labute approximate surface area is 122 Å². The van der Waals surface area contributed by atoms with Crippen LogP contribution in [0.3, 0.4) is 0 Å². The number of nitrogens with one attached hydrogen (secondary N) is 1. The van der Waals surface area contributed by atoms with Crippen LogP contribution in [0.4, 0.5) is 0 Å². The van der Waals surface area contributed by atoms with E-state index < -0.39 is 10.0 Å². The zero-order valence-electron chi connectivity index (χ0n) is 12.3. The average Bonchev–Trinajstić information content (AvgIpc) is 2.46. The molecule has 0 aliphatic carbocycles. The summed E-state index contributed by atoms with van der Waals surface area (Å²) in [5.41, 5.74) is 1.16. The lowest BCUT2D eigenvalue weighted by Gasteiger charge is -2.10. The summed E-state index contributed by atoms with van der Waals surface area (Å²) in [5.74, 6) is 0.443. The van der Waals surface area contributed by atoms with Crippen molar-refractivity contribution in [1.29, 1.82) is 0 Å². The molecule has 1 atom stereocenters. The molecule has 114 valence electrons. The maximum Gasteiger partial charge on any atom is 0.240 e. The maximum absolute atomic E-state index is 12.1. The van der Waals surface area contributed by atoms with Crippen molar-refractivity contribution in [3.8, 4) is 0 Å². The van der Waals surface area contributed by atoms with E-state index in [2.05, 4.69) is 18.6 Å². The molecule has 0 radical (unpaired) electrons. The molecule has 0 heterocycles. The van der Waals surface area contributed by atoms with Crippen molar-refractivity contribution in [2.24, 2.45) is 0 Å². The molecule has 0 saturated heterocycles. The van der Waals surface area contributed by atoms with Gasteiger partial charge in [-0.2, -0.15) is 0 Å². The Hall–Kier alpha value is -0.910. The molecule has 0 bridgehead atoms. The van der Waals surface area contributed by atoms with Crippen molar-refractivity contribution < 1.29 is 13.5 Å². The van der Waals surface area contributed by atoms with E-state index in [9.17, 15) is 8.42 Å². The Kier molecular flexibility index (Phi) is 7.19. The van der Waals surface area contributed by atoms with Gasteiger partial charge in [-0.1, -0.05) is 26.0 Å². The second-order valence-corrected chi connectivity index (χ2v) is 6.83. The second-order valence-electron chi connectivity index (χ2n) is 5.06. The predicted octanol–water partition coefficient (Wildman–Crippen LogP) is 2.64. The van der Waals surface area contributed by atoms with E-state index in [1.807, 2.05) is 12.1 Å². The minimum absolute atomic E-state index is 0.157. The molecule has 2 N–H and O–H groups in total. The molecule has 4 nitrogen and oxygen atoms in total. The minimum atomic E-state index is -3.41. The molecule has 0 fully saturated rings. The number of sulfonamides is 1. The Balaban J connectivity index is 2.59. The van der Waals surface area contributed by atoms with Crippen LogP contribution in [0.25, 0.3) is 0 Å². The van der Waals surface area contributed by atoms with Crippen molar-refractivity contribution in [3.63, 3.8) is 0 Å². The van der Waals surface area contributed by atoms with Gasteiger partial charge in [0.2, 0.25) is 10.0 Å². The number of hydrogen-bond donors (Lipinski definition) is 2. The van der Waals surface area contributed by atoms with Crippen molar-refractivity contribution in [2.75, 3.05) is 13.2 Å². The molecule has 0 amide bonds. The normalized spacial score (nSPS) is 13.3. The lowest BCUT2D eigenvalue weighted by Crippen LogP contribution is -2.24. The smallest absolute Gasteiger partial charge is 0.240 e. The number of aliphatic hydroxyl groups is 1. The van der Waals surface area contributed by atoms with Gasteiger partial charge in [0.25, 0.3) is 0 Å². The summed E-state index contributed by atoms with van der Waals surface area (Å²) in [7, 11) is -3.41. The summed E-state index contributed by atoms with van der Waals surface area (Å²) < 4.78 is 26.7. The van der Waals surface area contributed by atoms with E-state index in [4.69, 9.17) is 5.11 Å². The Morgan fingerprint density at radius 2 is 1.80 bits per heavy atom. The average molecular weight is 299 g/mol. The van der Waals surface area contributed by atoms with E-state index in [1.54, 1.807) is 12.1 Å². The first-order valence-electron chi connectivity index (χ1n) is 7.21. The van der Waals surface area contributed by atoms with Crippen LogP contribution >= 0.6 is 0 Å². The molecule has 0 spiro atoms. The first-order chi connectivity index (χ1) is 9.51. The number of aliphatic hydroxyl groups excluding tert-OH is 1. The molecule has 0 saturated carbocycles. The molecular formula is C15H25NO3S. The minimum Gasteiger partial charge on any atom is -0.396 e. The summed E-state index contributed by atoms with van der Waals surface area (Å²) in [6, 6.07) is 7.10. The third kappa shape index (κ3) is 5.23. The molecular weight excluding hydrogens is 274 g/mol. The Morgan fingerprint density at radius 3 is 2.35 bits per heavy atom. The Bertz CT molecular complexity index is 482. The molecule has 1 aromatic rings. The van der Waals surface area contributed by atoms with Crippen LogP contribution in [0.5, 0.6) is 0 Å². The topological polar surface area (TPSA) is 66.4 Å². The van der Waals surface area contributed by atoms with Gasteiger partial charge in [0, 0.05) is 13.2 Å². The highest BCUT2D eigenvalue weighted by Crippen LogP contribution is 2.20. The van der Waals surface area contributed by atoms with Crippen LogP contribution in [0.1, 0.15) is 51.0 Å². The van der Waals surface area contributed by atoms with Gasteiger partial charge in [-0.3, -0.25) is 0 Å². The van der Waals surface area contributed by atoms with E-state index in [-0.39, 0.29) is 6.61 Å². The molecule has 1 unspecified atom stereocenters. The van der Waals surface area contributed by atoms with Crippen LogP contribution in [-0.2, 0) is 10.0 Å². The van der Waals surface area contributed by atoms with Crippen LogP contribution in [0.2, 0.25) is 0 Å². The molecule has 1 aromatic carbocycles. The summed E-state index contributed by atoms with van der Waals surface area (Å²) in [6.45, 7) is 4.81. The highest BCUT2D eigenvalue weighted by Gasteiger charge is 2.13.